The number of halogens is 1. The van der Waals surface area contributed by atoms with E-state index in [4.69, 9.17) is 16.3 Å². The molecule has 0 radical (unpaired) electrons. The molecule has 3 rings (SSSR count). The summed E-state index contributed by atoms with van der Waals surface area (Å²) in [5.41, 5.74) is 3.92. The molecule has 0 unspecified atom stereocenters. The van der Waals surface area contributed by atoms with E-state index in [1.807, 2.05) is 50.4 Å². The molecule has 96 valence electrons. The van der Waals surface area contributed by atoms with Crippen LogP contribution >= 0.6 is 11.6 Å². The van der Waals surface area contributed by atoms with Crippen LogP contribution in [0.4, 0.5) is 0 Å². The zero-order chi connectivity index (χ0) is 13.4. The Morgan fingerprint density at radius 3 is 2.74 bits per heavy atom. The van der Waals surface area contributed by atoms with Crippen molar-refractivity contribution in [2.24, 2.45) is 7.05 Å². The van der Waals surface area contributed by atoms with E-state index in [1.165, 1.54) is 0 Å². The first kappa shape index (κ1) is 12.2. The van der Waals surface area contributed by atoms with Gasteiger partial charge in [0.25, 0.3) is 0 Å². The van der Waals surface area contributed by atoms with Gasteiger partial charge in [-0.2, -0.15) is 4.57 Å². The van der Waals surface area contributed by atoms with E-state index in [9.17, 15) is 0 Å². The average Bonchev–Trinajstić information content (AvgIpc) is 2.40. The largest absolute Gasteiger partial charge is 0.494 e. The highest BCUT2D eigenvalue weighted by molar-refractivity contribution is 6.31. The molecule has 0 aliphatic heterocycles. The second-order valence-electron chi connectivity index (χ2n) is 4.39. The summed E-state index contributed by atoms with van der Waals surface area (Å²) in [6.07, 6.45) is 0. The smallest absolute Gasteiger partial charge is 0.235 e. The highest BCUT2D eigenvalue weighted by Crippen LogP contribution is 2.21. The van der Waals surface area contributed by atoms with Crippen LogP contribution in [0.3, 0.4) is 0 Å². The van der Waals surface area contributed by atoms with Gasteiger partial charge in [-0.1, -0.05) is 11.6 Å². The van der Waals surface area contributed by atoms with Gasteiger partial charge in [0.15, 0.2) is 0 Å². The summed E-state index contributed by atoms with van der Waals surface area (Å²) in [5, 5.41) is 0.699. The van der Waals surface area contributed by atoms with E-state index in [1.54, 1.807) is 0 Å². The van der Waals surface area contributed by atoms with Crippen LogP contribution in [0.15, 0.2) is 36.4 Å². The normalized spacial score (nSPS) is 11.1. The molecule has 19 heavy (non-hydrogen) atoms. The number of fused-ring (bicyclic) bond motifs is 2. The Morgan fingerprint density at radius 2 is 1.95 bits per heavy atom. The number of benzene rings is 2. The van der Waals surface area contributed by atoms with Gasteiger partial charge in [0, 0.05) is 11.1 Å². The number of ether oxygens (including phenoxy) is 1. The van der Waals surface area contributed by atoms with Crippen LogP contribution in [0.2, 0.25) is 5.02 Å². The van der Waals surface area contributed by atoms with Gasteiger partial charge in [0.05, 0.1) is 12.7 Å². The zero-order valence-electron chi connectivity index (χ0n) is 10.9. The Labute approximate surface area is 116 Å². The average molecular weight is 274 g/mol. The summed E-state index contributed by atoms with van der Waals surface area (Å²) in [6, 6.07) is 11.7. The van der Waals surface area contributed by atoms with Crippen LogP contribution in [0.25, 0.3) is 22.1 Å². The monoisotopic (exact) mass is 273 g/mol. The molecular weight excluding hydrogens is 260 g/mol. The fourth-order valence-corrected chi connectivity index (χ4v) is 2.42. The topological polar surface area (TPSA) is 26.0 Å². The fourth-order valence-electron chi connectivity index (χ4n) is 2.25. The minimum absolute atomic E-state index is 0.659. The number of aromatic nitrogens is 2. The van der Waals surface area contributed by atoms with E-state index in [2.05, 4.69) is 9.55 Å². The Bertz CT molecular complexity index is 771. The van der Waals surface area contributed by atoms with Crippen molar-refractivity contribution >= 4 is 33.7 Å². The standard InChI is InChI=1S/C15H14ClN2O/c1-3-19-11-5-6-12-15(9-11)18(2)14-7-4-10(16)8-13(14)17-12/h4-9H,3H2,1-2H3/q+1. The lowest BCUT2D eigenvalue weighted by Gasteiger charge is -2.05. The molecule has 1 heterocycles. The van der Waals surface area contributed by atoms with Crippen LogP contribution in [0.1, 0.15) is 6.92 Å². The Morgan fingerprint density at radius 1 is 1.11 bits per heavy atom. The Kier molecular flexibility index (Phi) is 2.99. The van der Waals surface area contributed by atoms with Crippen molar-refractivity contribution in [3.05, 3.63) is 41.4 Å². The van der Waals surface area contributed by atoms with E-state index in [-0.39, 0.29) is 0 Å². The van der Waals surface area contributed by atoms with Crippen molar-refractivity contribution in [2.45, 2.75) is 6.92 Å². The zero-order valence-corrected chi connectivity index (χ0v) is 11.6. The lowest BCUT2D eigenvalue weighted by molar-refractivity contribution is -0.618. The lowest BCUT2D eigenvalue weighted by Crippen LogP contribution is -2.30. The van der Waals surface area contributed by atoms with Crippen LogP contribution < -0.4 is 9.30 Å². The first-order valence-electron chi connectivity index (χ1n) is 6.21. The highest BCUT2D eigenvalue weighted by Gasteiger charge is 2.14. The third kappa shape index (κ3) is 2.10. The van der Waals surface area contributed by atoms with Gasteiger partial charge in [-0.15, -0.1) is 0 Å². The molecule has 0 amide bonds. The first-order chi connectivity index (χ1) is 9.19. The molecular formula is C15H14ClN2O+. The molecule has 0 bridgehead atoms. The fraction of sp³-hybridized carbons (Fsp3) is 0.200. The quantitative estimate of drug-likeness (QED) is 0.529. The highest BCUT2D eigenvalue weighted by atomic mass is 35.5. The molecule has 1 aromatic heterocycles. The molecule has 0 saturated heterocycles. The minimum atomic E-state index is 0.659. The third-order valence-electron chi connectivity index (χ3n) is 3.16. The van der Waals surface area contributed by atoms with Crippen molar-refractivity contribution in [2.75, 3.05) is 6.61 Å². The molecule has 0 N–H and O–H groups in total. The van der Waals surface area contributed by atoms with Crippen molar-refractivity contribution < 1.29 is 9.30 Å². The molecule has 0 aliphatic carbocycles. The van der Waals surface area contributed by atoms with Crippen molar-refractivity contribution in [1.82, 2.24) is 4.98 Å². The number of hydrogen-bond acceptors (Lipinski definition) is 2. The third-order valence-corrected chi connectivity index (χ3v) is 3.39. The molecule has 3 nitrogen and oxygen atoms in total. The van der Waals surface area contributed by atoms with Crippen LogP contribution in [0, 0.1) is 0 Å². The van der Waals surface area contributed by atoms with Crippen molar-refractivity contribution in [3.8, 4) is 5.75 Å². The summed E-state index contributed by atoms with van der Waals surface area (Å²) in [6.45, 7) is 2.64. The van der Waals surface area contributed by atoms with Crippen LogP contribution in [0.5, 0.6) is 5.75 Å². The summed E-state index contributed by atoms with van der Waals surface area (Å²) in [4.78, 5) is 4.64. The molecule has 0 spiro atoms. The number of rotatable bonds is 2. The number of nitrogens with zero attached hydrogens (tertiary/aromatic N) is 2. The van der Waals surface area contributed by atoms with E-state index < -0.39 is 0 Å². The predicted octanol–water partition coefficient (Wildman–Crippen LogP) is 3.26. The summed E-state index contributed by atoms with van der Waals surface area (Å²) >= 11 is 6.02. The lowest BCUT2D eigenvalue weighted by atomic mass is 10.2. The van der Waals surface area contributed by atoms with E-state index in [0.29, 0.717) is 11.6 Å². The first-order valence-corrected chi connectivity index (χ1v) is 6.58. The van der Waals surface area contributed by atoms with Crippen molar-refractivity contribution in [1.29, 1.82) is 0 Å². The summed E-state index contributed by atoms with van der Waals surface area (Å²) in [7, 11) is 2.02. The Balaban J connectivity index is 2.33. The maximum atomic E-state index is 6.02. The van der Waals surface area contributed by atoms with Gasteiger partial charge >= 0.3 is 0 Å². The second kappa shape index (κ2) is 4.67. The Hall–Kier alpha value is -1.87. The van der Waals surface area contributed by atoms with Gasteiger partial charge in [0.1, 0.15) is 23.8 Å². The number of hydrogen-bond donors (Lipinski definition) is 0. The summed E-state index contributed by atoms with van der Waals surface area (Å²) in [5.74, 6) is 0.862. The van der Waals surface area contributed by atoms with Crippen molar-refractivity contribution in [3.63, 3.8) is 0 Å². The number of aryl methyl sites for hydroxylation is 1. The second-order valence-corrected chi connectivity index (χ2v) is 4.82. The van der Waals surface area contributed by atoms with Crippen LogP contribution in [-0.2, 0) is 7.05 Å². The molecule has 0 aliphatic rings. The summed E-state index contributed by atoms with van der Waals surface area (Å²) < 4.78 is 7.65. The predicted molar refractivity (Wildman–Crippen MR) is 76.6 cm³/mol. The SMILES string of the molecule is CCOc1ccc2nc3cc(Cl)ccc3[n+](C)c2c1. The molecule has 0 atom stereocenters. The van der Waals surface area contributed by atoms with Crippen LogP contribution in [-0.4, -0.2) is 11.6 Å². The van der Waals surface area contributed by atoms with Gasteiger partial charge in [-0.25, -0.2) is 4.98 Å². The van der Waals surface area contributed by atoms with E-state index in [0.717, 1.165) is 27.8 Å². The minimum Gasteiger partial charge on any atom is -0.494 e. The molecule has 0 saturated carbocycles. The van der Waals surface area contributed by atoms with Gasteiger partial charge in [-0.05, 0) is 31.2 Å². The van der Waals surface area contributed by atoms with Gasteiger partial charge < -0.3 is 4.74 Å². The molecule has 3 aromatic rings. The van der Waals surface area contributed by atoms with E-state index >= 15 is 0 Å². The molecule has 4 heteroatoms. The maximum Gasteiger partial charge on any atom is 0.235 e. The molecule has 0 fully saturated rings. The van der Waals surface area contributed by atoms with Gasteiger partial charge in [0.2, 0.25) is 11.0 Å². The maximum absolute atomic E-state index is 6.02. The van der Waals surface area contributed by atoms with Gasteiger partial charge in [-0.3, -0.25) is 0 Å². The molecule has 2 aromatic carbocycles.